The number of rotatable bonds is 4. The van der Waals surface area contributed by atoms with E-state index in [1.54, 1.807) is 13.0 Å². The number of hydrogen-bond donors (Lipinski definition) is 1. The summed E-state index contributed by atoms with van der Waals surface area (Å²) in [7, 11) is 0. The van der Waals surface area contributed by atoms with Crippen molar-refractivity contribution in [2.24, 2.45) is 0 Å². The third kappa shape index (κ3) is 3.56. The molecule has 17 heavy (non-hydrogen) atoms. The highest BCUT2D eigenvalue weighted by Gasteiger charge is 2.15. The van der Waals surface area contributed by atoms with Gasteiger partial charge in [-0.25, -0.2) is 4.39 Å². The molecule has 0 radical (unpaired) electrons. The summed E-state index contributed by atoms with van der Waals surface area (Å²) in [6, 6.07) is 5.75. The van der Waals surface area contributed by atoms with Crippen molar-refractivity contribution in [3.63, 3.8) is 0 Å². The van der Waals surface area contributed by atoms with E-state index in [0.717, 1.165) is 12.0 Å². The molecule has 0 bridgehead atoms. The van der Waals surface area contributed by atoms with Crippen LogP contribution in [-0.2, 0) is 0 Å². The summed E-state index contributed by atoms with van der Waals surface area (Å²) in [5.41, 5.74) is 0.793. The van der Waals surface area contributed by atoms with Crippen LogP contribution in [0.5, 0.6) is 0 Å². The van der Waals surface area contributed by atoms with E-state index in [2.05, 4.69) is 5.32 Å². The van der Waals surface area contributed by atoms with Crippen LogP contribution in [0, 0.1) is 24.1 Å². The minimum absolute atomic E-state index is 0.0126. The number of nitrogens with zero attached hydrogens (tertiary/aromatic N) is 1. The van der Waals surface area contributed by atoms with Crippen LogP contribution < -0.4 is 5.32 Å². The molecule has 0 aromatic heterocycles. The Morgan fingerprint density at radius 2 is 2.29 bits per heavy atom. The lowest BCUT2D eigenvalue weighted by Crippen LogP contribution is -2.34. The molecular weight excluding hydrogens is 219 g/mol. The summed E-state index contributed by atoms with van der Waals surface area (Å²) in [5.74, 6) is -1.10. The molecule has 0 saturated carbocycles. The Balaban J connectivity index is 2.83. The summed E-state index contributed by atoms with van der Waals surface area (Å²) in [6.45, 7) is 3.70. The lowest BCUT2D eigenvalue weighted by Gasteiger charge is -2.11. The number of aryl methyl sites for hydroxylation is 1. The summed E-state index contributed by atoms with van der Waals surface area (Å²) < 4.78 is 13.4. The number of amides is 1. The third-order valence-electron chi connectivity index (χ3n) is 2.41. The standard InChI is InChI=1S/C13H15FN2O/c1-3-4-10(8-15)16-13(17)11-7-9(2)5-6-12(11)14/h5-7,10H,3-4H2,1-2H3,(H,16,17). The summed E-state index contributed by atoms with van der Waals surface area (Å²) in [5, 5.41) is 11.3. The minimum atomic E-state index is -0.568. The van der Waals surface area contributed by atoms with Gasteiger partial charge in [0.25, 0.3) is 5.91 Å². The fourth-order valence-electron chi connectivity index (χ4n) is 1.51. The molecule has 1 aromatic rings. The van der Waals surface area contributed by atoms with E-state index in [4.69, 9.17) is 5.26 Å². The van der Waals surface area contributed by atoms with Gasteiger partial charge in [0.1, 0.15) is 11.9 Å². The molecule has 1 amide bonds. The van der Waals surface area contributed by atoms with Crippen molar-refractivity contribution < 1.29 is 9.18 Å². The molecule has 0 fully saturated rings. The van der Waals surface area contributed by atoms with E-state index < -0.39 is 17.8 Å². The Morgan fingerprint density at radius 1 is 1.59 bits per heavy atom. The fourth-order valence-corrected chi connectivity index (χ4v) is 1.51. The molecule has 0 saturated heterocycles. The highest BCUT2D eigenvalue weighted by Crippen LogP contribution is 2.10. The van der Waals surface area contributed by atoms with Crippen molar-refractivity contribution in [3.05, 3.63) is 35.1 Å². The molecule has 0 aliphatic heterocycles. The van der Waals surface area contributed by atoms with Crippen molar-refractivity contribution in [1.29, 1.82) is 5.26 Å². The van der Waals surface area contributed by atoms with Gasteiger partial charge in [-0.2, -0.15) is 5.26 Å². The zero-order chi connectivity index (χ0) is 12.8. The van der Waals surface area contributed by atoms with E-state index in [9.17, 15) is 9.18 Å². The van der Waals surface area contributed by atoms with Gasteiger partial charge in [-0.3, -0.25) is 4.79 Å². The quantitative estimate of drug-likeness (QED) is 0.870. The summed E-state index contributed by atoms with van der Waals surface area (Å²) in [6.07, 6.45) is 1.35. The van der Waals surface area contributed by atoms with Gasteiger partial charge in [0.05, 0.1) is 11.6 Å². The largest absolute Gasteiger partial charge is 0.336 e. The maximum Gasteiger partial charge on any atom is 0.255 e. The summed E-state index contributed by atoms with van der Waals surface area (Å²) in [4.78, 5) is 11.8. The second-order valence-electron chi connectivity index (χ2n) is 3.93. The van der Waals surface area contributed by atoms with E-state index in [1.807, 2.05) is 13.0 Å². The first-order valence-electron chi connectivity index (χ1n) is 5.55. The van der Waals surface area contributed by atoms with Gasteiger partial charge in [0, 0.05) is 0 Å². The van der Waals surface area contributed by atoms with Gasteiger partial charge in [-0.05, 0) is 25.5 Å². The predicted octanol–water partition coefficient (Wildman–Crippen LogP) is 2.56. The Bertz CT molecular complexity index is 451. The molecule has 4 heteroatoms. The zero-order valence-corrected chi connectivity index (χ0v) is 9.96. The maximum absolute atomic E-state index is 13.4. The van der Waals surface area contributed by atoms with Gasteiger partial charge < -0.3 is 5.32 Å². The number of nitriles is 1. The molecule has 3 nitrogen and oxygen atoms in total. The molecule has 90 valence electrons. The molecule has 0 heterocycles. The van der Waals surface area contributed by atoms with Crippen LogP contribution in [0.2, 0.25) is 0 Å². The number of benzene rings is 1. The normalized spacial score (nSPS) is 11.6. The number of carbonyl (C=O) groups excluding carboxylic acids is 1. The molecule has 1 unspecified atom stereocenters. The van der Waals surface area contributed by atoms with E-state index >= 15 is 0 Å². The average Bonchev–Trinajstić information content (AvgIpc) is 2.31. The molecule has 1 N–H and O–H groups in total. The second kappa shape index (κ2) is 6.00. The van der Waals surface area contributed by atoms with Crippen LogP contribution in [0.1, 0.15) is 35.7 Å². The lowest BCUT2D eigenvalue weighted by molar-refractivity contribution is 0.0939. The fraction of sp³-hybridized carbons (Fsp3) is 0.385. The molecule has 0 aliphatic carbocycles. The van der Waals surface area contributed by atoms with Gasteiger partial charge >= 0.3 is 0 Å². The van der Waals surface area contributed by atoms with Crippen LogP contribution in [0.15, 0.2) is 18.2 Å². The summed E-state index contributed by atoms with van der Waals surface area (Å²) >= 11 is 0. The van der Waals surface area contributed by atoms with E-state index in [1.165, 1.54) is 12.1 Å². The molecule has 0 aliphatic rings. The second-order valence-corrected chi connectivity index (χ2v) is 3.93. The van der Waals surface area contributed by atoms with Crippen LogP contribution in [-0.4, -0.2) is 11.9 Å². The molecule has 0 spiro atoms. The van der Waals surface area contributed by atoms with Crippen LogP contribution in [0.4, 0.5) is 4.39 Å². The molecule has 1 rings (SSSR count). The topological polar surface area (TPSA) is 52.9 Å². The first-order chi connectivity index (χ1) is 8.08. The first kappa shape index (κ1) is 13.2. The highest BCUT2D eigenvalue weighted by atomic mass is 19.1. The molecular formula is C13H15FN2O. The van der Waals surface area contributed by atoms with Crippen molar-refractivity contribution in [2.75, 3.05) is 0 Å². The Labute approximate surface area is 100 Å². The van der Waals surface area contributed by atoms with E-state index in [-0.39, 0.29) is 5.56 Å². The Morgan fingerprint density at radius 3 is 2.88 bits per heavy atom. The van der Waals surface area contributed by atoms with Gasteiger partial charge in [0.15, 0.2) is 0 Å². The number of hydrogen-bond acceptors (Lipinski definition) is 2. The average molecular weight is 234 g/mol. The van der Waals surface area contributed by atoms with Gasteiger partial charge in [-0.1, -0.05) is 25.0 Å². The first-order valence-corrected chi connectivity index (χ1v) is 5.55. The number of nitrogens with one attached hydrogen (secondary N) is 1. The Kier molecular flexibility index (Phi) is 4.65. The van der Waals surface area contributed by atoms with Crippen molar-refractivity contribution in [1.82, 2.24) is 5.32 Å². The van der Waals surface area contributed by atoms with Crippen LogP contribution in [0.3, 0.4) is 0 Å². The third-order valence-corrected chi connectivity index (χ3v) is 2.41. The van der Waals surface area contributed by atoms with Crippen LogP contribution >= 0.6 is 0 Å². The monoisotopic (exact) mass is 234 g/mol. The van der Waals surface area contributed by atoms with Crippen LogP contribution in [0.25, 0.3) is 0 Å². The number of carbonyl (C=O) groups is 1. The lowest BCUT2D eigenvalue weighted by atomic mass is 10.1. The highest BCUT2D eigenvalue weighted by molar-refractivity contribution is 5.95. The van der Waals surface area contributed by atoms with Crippen molar-refractivity contribution >= 4 is 5.91 Å². The zero-order valence-electron chi connectivity index (χ0n) is 9.96. The van der Waals surface area contributed by atoms with Crippen molar-refractivity contribution in [3.8, 4) is 6.07 Å². The minimum Gasteiger partial charge on any atom is -0.336 e. The SMILES string of the molecule is CCCC(C#N)NC(=O)c1cc(C)ccc1F. The Hall–Kier alpha value is -1.89. The maximum atomic E-state index is 13.4. The molecule has 1 aromatic carbocycles. The predicted molar refractivity (Wildman–Crippen MR) is 62.9 cm³/mol. The van der Waals surface area contributed by atoms with E-state index in [0.29, 0.717) is 6.42 Å². The number of halogens is 1. The molecule has 1 atom stereocenters. The van der Waals surface area contributed by atoms with Gasteiger partial charge in [0.2, 0.25) is 0 Å². The smallest absolute Gasteiger partial charge is 0.255 e. The van der Waals surface area contributed by atoms with Gasteiger partial charge in [-0.15, -0.1) is 0 Å². The van der Waals surface area contributed by atoms with Crippen molar-refractivity contribution in [2.45, 2.75) is 32.7 Å².